The van der Waals surface area contributed by atoms with Gasteiger partial charge in [0.05, 0.1) is 28.7 Å². The summed E-state index contributed by atoms with van der Waals surface area (Å²) in [6.45, 7) is 1.75. The van der Waals surface area contributed by atoms with Gasteiger partial charge in [-0.15, -0.1) is 11.3 Å². The van der Waals surface area contributed by atoms with Crippen molar-refractivity contribution in [1.82, 2.24) is 9.55 Å². The summed E-state index contributed by atoms with van der Waals surface area (Å²) in [7, 11) is 3.15. The number of fused-ring (bicyclic) bond motifs is 1. The number of carbonyl (C=O) groups excluding carboxylic acids is 1. The Morgan fingerprint density at radius 3 is 2.83 bits per heavy atom. The monoisotopic (exact) mass is 363 g/mol. The molecule has 1 N–H and O–H groups in total. The zero-order chi connectivity index (χ0) is 17.4. The van der Waals surface area contributed by atoms with Crippen LogP contribution in [0.1, 0.15) is 15.2 Å². The van der Waals surface area contributed by atoms with Crippen LogP contribution in [-0.2, 0) is 7.05 Å². The molecular formula is C16H14ClN3O3S. The molecule has 0 unspecified atom stereocenters. The Hall–Kier alpha value is -2.38. The second-order valence-electron chi connectivity index (χ2n) is 5.20. The molecule has 1 aromatic carbocycles. The van der Waals surface area contributed by atoms with Crippen LogP contribution in [0.5, 0.6) is 5.75 Å². The summed E-state index contributed by atoms with van der Waals surface area (Å²) < 4.78 is 6.48. The first kappa shape index (κ1) is 16.5. The van der Waals surface area contributed by atoms with Gasteiger partial charge in [-0.25, -0.2) is 4.98 Å². The van der Waals surface area contributed by atoms with Crippen molar-refractivity contribution in [3.63, 3.8) is 0 Å². The molecule has 0 bridgehead atoms. The minimum Gasteiger partial charge on any atom is -0.495 e. The molecular weight excluding hydrogens is 350 g/mol. The summed E-state index contributed by atoms with van der Waals surface area (Å²) in [4.78, 5) is 30.0. The van der Waals surface area contributed by atoms with Crippen LogP contribution in [0.2, 0.25) is 5.02 Å². The lowest BCUT2D eigenvalue weighted by molar-refractivity contribution is 0.103. The highest BCUT2D eigenvalue weighted by Crippen LogP contribution is 2.30. The van der Waals surface area contributed by atoms with Gasteiger partial charge in [0.15, 0.2) is 0 Å². The summed E-state index contributed by atoms with van der Waals surface area (Å²) in [5.74, 6) is 0.221. The van der Waals surface area contributed by atoms with Crippen molar-refractivity contribution in [2.75, 3.05) is 12.4 Å². The number of methoxy groups -OCH3 is 1. The number of carbonyl (C=O) groups is 1. The summed E-state index contributed by atoms with van der Waals surface area (Å²) in [6.07, 6.45) is 1.45. The molecule has 0 radical (unpaired) electrons. The molecule has 1 amide bonds. The van der Waals surface area contributed by atoms with E-state index in [9.17, 15) is 9.59 Å². The fourth-order valence-corrected chi connectivity index (χ4v) is 3.65. The van der Waals surface area contributed by atoms with Crippen LogP contribution in [0.3, 0.4) is 0 Å². The third-order valence-corrected chi connectivity index (χ3v) is 5.12. The summed E-state index contributed by atoms with van der Waals surface area (Å²) in [6, 6.07) is 4.98. The minimum absolute atomic E-state index is 0.166. The fourth-order valence-electron chi connectivity index (χ4n) is 2.36. The molecule has 0 saturated carbocycles. The number of halogens is 1. The van der Waals surface area contributed by atoms with Gasteiger partial charge in [-0.2, -0.15) is 0 Å². The molecule has 24 heavy (non-hydrogen) atoms. The molecule has 6 nitrogen and oxygen atoms in total. The number of thiophene rings is 1. The number of hydrogen-bond acceptors (Lipinski definition) is 5. The molecule has 0 aliphatic carbocycles. The van der Waals surface area contributed by atoms with Crippen molar-refractivity contribution in [1.29, 1.82) is 0 Å². The molecule has 2 aromatic heterocycles. The predicted molar refractivity (Wildman–Crippen MR) is 95.6 cm³/mol. The first-order chi connectivity index (χ1) is 11.4. The predicted octanol–water partition coefficient (Wildman–Crippen LogP) is 3.22. The van der Waals surface area contributed by atoms with Gasteiger partial charge in [-0.05, 0) is 30.7 Å². The average Bonchev–Trinajstić information content (AvgIpc) is 2.89. The fraction of sp³-hybridized carbons (Fsp3) is 0.188. The number of ether oxygens (including phenoxy) is 1. The summed E-state index contributed by atoms with van der Waals surface area (Å²) in [5.41, 5.74) is 1.00. The highest BCUT2D eigenvalue weighted by molar-refractivity contribution is 7.20. The maximum absolute atomic E-state index is 12.6. The van der Waals surface area contributed by atoms with Gasteiger partial charge < -0.3 is 14.6 Å². The van der Waals surface area contributed by atoms with E-state index in [0.29, 0.717) is 37.1 Å². The highest BCUT2D eigenvalue weighted by Gasteiger charge is 2.19. The van der Waals surface area contributed by atoms with Gasteiger partial charge in [0.2, 0.25) is 0 Å². The van der Waals surface area contributed by atoms with Crippen molar-refractivity contribution in [2.45, 2.75) is 6.92 Å². The van der Waals surface area contributed by atoms with Gasteiger partial charge in [0, 0.05) is 12.7 Å². The van der Waals surface area contributed by atoms with Crippen molar-refractivity contribution in [3.05, 3.63) is 50.3 Å². The van der Waals surface area contributed by atoms with Crippen molar-refractivity contribution in [3.8, 4) is 5.75 Å². The third kappa shape index (κ3) is 2.76. The molecule has 0 spiro atoms. The SMILES string of the molecule is COc1ccc(NC(=O)c2sc3ncn(C)c(=O)c3c2C)cc1Cl. The summed E-state index contributed by atoms with van der Waals surface area (Å²) >= 11 is 7.26. The van der Waals surface area contributed by atoms with E-state index in [1.807, 2.05) is 0 Å². The van der Waals surface area contributed by atoms with Crippen molar-refractivity contribution < 1.29 is 9.53 Å². The van der Waals surface area contributed by atoms with E-state index < -0.39 is 0 Å². The number of rotatable bonds is 3. The van der Waals surface area contributed by atoms with Crippen molar-refractivity contribution in [2.24, 2.45) is 7.05 Å². The molecule has 8 heteroatoms. The van der Waals surface area contributed by atoms with Gasteiger partial charge in [0.25, 0.3) is 11.5 Å². The molecule has 3 aromatic rings. The molecule has 3 rings (SSSR count). The topological polar surface area (TPSA) is 73.2 Å². The number of nitrogens with one attached hydrogen (secondary N) is 1. The van der Waals surface area contributed by atoms with Crippen LogP contribution in [0, 0.1) is 6.92 Å². The average molecular weight is 364 g/mol. The van der Waals surface area contributed by atoms with Crippen molar-refractivity contribution >= 4 is 44.7 Å². The van der Waals surface area contributed by atoms with Crippen LogP contribution >= 0.6 is 22.9 Å². The number of hydrogen-bond donors (Lipinski definition) is 1. The van der Waals surface area contributed by atoms with E-state index in [4.69, 9.17) is 16.3 Å². The van der Waals surface area contributed by atoms with E-state index in [1.54, 1.807) is 32.2 Å². The molecule has 0 aliphatic heterocycles. The molecule has 124 valence electrons. The zero-order valence-corrected chi connectivity index (χ0v) is 14.8. The Morgan fingerprint density at radius 1 is 1.42 bits per heavy atom. The molecule has 0 fully saturated rings. The minimum atomic E-state index is -0.307. The zero-order valence-electron chi connectivity index (χ0n) is 13.2. The van der Waals surface area contributed by atoms with Gasteiger partial charge >= 0.3 is 0 Å². The number of amides is 1. The Labute approximate surface area is 146 Å². The summed E-state index contributed by atoms with van der Waals surface area (Å²) in [5, 5.41) is 3.66. The van der Waals surface area contributed by atoms with E-state index >= 15 is 0 Å². The first-order valence-corrected chi connectivity index (χ1v) is 8.21. The molecule has 0 saturated heterocycles. The number of aryl methyl sites for hydroxylation is 2. The second kappa shape index (κ2) is 6.26. The maximum atomic E-state index is 12.6. The number of nitrogens with zero attached hydrogens (tertiary/aromatic N) is 2. The lowest BCUT2D eigenvalue weighted by atomic mass is 10.2. The van der Waals surface area contributed by atoms with Crippen LogP contribution in [0.4, 0.5) is 5.69 Å². The smallest absolute Gasteiger partial charge is 0.266 e. The normalized spacial score (nSPS) is 10.8. The highest BCUT2D eigenvalue weighted by atomic mass is 35.5. The standard InChI is InChI=1S/C16H14ClN3O3S/c1-8-12-15(18-7-20(2)16(12)22)24-13(8)14(21)19-9-4-5-11(23-3)10(17)6-9/h4-7H,1-3H3,(H,19,21). The molecule has 0 atom stereocenters. The first-order valence-electron chi connectivity index (χ1n) is 7.02. The number of benzene rings is 1. The molecule has 0 aliphatic rings. The van der Waals surface area contributed by atoms with Crippen LogP contribution < -0.4 is 15.6 Å². The Bertz CT molecular complexity index is 1010. The Morgan fingerprint density at radius 2 is 2.17 bits per heavy atom. The lowest BCUT2D eigenvalue weighted by Crippen LogP contribution is -2.17. The van der Waals surface area contributed by atoms with E-state index in [-0.39, 0.29) is 11.5 Å². The van der Waals surface area contributed by atoms with Crippen LogP contribution in [0.25, 0.3) is 10.2 Å². The van der Waals surface area contributed by atoms with Gasteiger partial charge in [-0.1, -0.05) is 11.6 Å². The van der Waals surface area contributed by atoms with E-state index in [0.717, 1.165) is 0 Å². The maximum Gasteiger partial charge on any atom is 0.266 e. The Balaban J connectivity index is 1.97. The van der Waals surface area contributed by atoms with Gasteiger partial charge in [-0.3, -0.25) is 9.59 Å². The van der Waals surface area contributed by atoms with Crippen LogP contribution in [0.15, 0.2) is 29.3 Å². The largest absolute Gasteiger partial charge is 0.495 e. The van der Waals surface area contributed by atoms with E-state index in [1.165, 1.54) is 29.3 Å². The lowest BCUT2D eigenvalue weighted by Gasteiger charge is -2.07. The number of aromatic nitrogens is 2. The van der Waals surface area contributed by atoms with Crippen LogP contribution in [-0.4, -0.2) is 22.6 Å². The quantitative estimate of drug-likeness (QED) is 0.775. The molecule has 2 heterocycles. The van der Waals surface area contributed by atoms with Gasteiger partial charge in [0.1, 0.15) is 10.6 Å². The Kier molecular flexibility index (Phi) is 4.29. The van der Waals surface area contributed by atoms with E-state index in [2.05, 4.69) is 10.3 Å². The second-order valence-corrected chi connectivity index (χ2v) is 6.61. The third-order valence-electron chi connectivity index (χ3n) is 3.63. The number of anilines is 1.